The molecule has 1 aliphatic heterocycles. The highest BCUT2D eigenvalue weighted by Gasteiger charge is 2.30. The average molecular weight is 413 g/mol. The van der Waals surface area contributed by atoms with Gasteiger partial charge in [0.2, 0.25) is 0 Å². The van der Waals surface area contributed by atoms with Gasteiger partial charge in [-0.1, -0.05) is 72.0 Å². The van der Waals surface area contributed by atoms with Crippen molar-refractivity contribution in [1.29, 1.82) is 0 Å². The Hall–Kier alpha value is -2.08. The number of thiocarbonyl (C=S) groups is 1. The Balaban J connectivity index is 1.77. The van der Waals surface area contributed by atoms with Gasteiger partial charge < -0.3 is 4.57 Å². The van der Waals surface area contributed by atoms with Crippen LogP contribution in [0.5, 0.6) is 0 Å². The van der Waals surface area contributed by atoms with Crippen LogP contribution >= 0.6 is 35.6 Å². The molecule has 0 radical (unpaired) electrons. The van der Waals surface area contributed by atoms with Crippen LogP contribution in [0.15, 0.2) is 59.6 Å². The summed E-state index contributed by atoms with van der Waals surface area (Å²) in [5.41, 5.74) is 3.17. The number of fused-ring (bicyclic) bond motifs is 1. The zero-order valence-electron chi connectivity index (χ0n) is 14.7. The van der Waals surface area contributed by atoms with Crippen molar-refractivity contribution in [2.24, 2.45) is 0 Å². The molecule has 1 aromatic heterocycles. The van der Waals surface area contributed by atoms with E-state index in [-0.39, 0.29) is 5.91 Å². The SMILES string of the molecule is CCN1C(=O)/C(=C\c2cn(Cc3ccccc3Cl)c3ccccc23)SC1=S. The lowest BCUT2D eigenvalue weighted by Crippen LogP contribution is -2.27. The molecule has 2 aromatic carbocycles. The van der Waals surface area contributed by atoms with E-state index >= 15 is 0 Å². The van der Waals surface area contributed by atoms with Crippen molar-refractivity contribution in [3.63, 3.8) is 0 Å². The zero-order valence-corrected chi connectivity index (χ0v) is 17.1. The molecular formula is C21H17ClN2OS2. The minimum atomic E-state index is -0.0181. The highest BCUT2D eigenvalue weighted by molar-refractivity contribution is 8.26. The van der Waals surface area contributed by atoms with Crippen LogP contribution < -0.4 is 0 Å². The molecule has 0 bridgehead atoms. The number of thioether (sulfide) groups is 1. The van der Waals surface area contributed by atoms with Gasteiger partial charge in [-0.15, -0.1) is 0 Å². The number of nitrogens with zero attached hydrogens (tertiary/aromatic N) is 2. The van der Waals surface area contributed by atoms with Gasteiger partial charge in [-0.05, 0) is 30.7 Å². The molecule has 6 heteroatoms. The molecule has 0 spiro atoms. The molecule has 0 N–H and O–H groups in total. The lowest BCUT2D eigenvalue weighted by Gasteiger charge is -2.09. The van der Waals surface area contributed by atoms with E-state index in [2.05, 4.69) is 22.9 Å². The third-order valence-corrected chi connectivity index (χ3v) is 6.34. The summed E-state index contributed by atoms with van der Waals surface area (Å²) in [7, 11) is 0. The van der Waals surface area contributed by atoms with Crippen molar-refractivity contribution >= 4 is 62.8 Å². The number of para-hydroxylation sites is 1. The molecular weight excluding hydrogens is 396 g/mol. The van der Waals surface area contributed by atoms with E-state index in [1.165, 1.54) is 11.8 Å². The van der Waals surface area contributed by atoms with Gasteiger partial charge in [0.05, 0.1) is 4.91 Å². The molecule has 1 fully saturated rings. The maximum atomic E-state index is 12.6. The Kier molecular flexibility index (Phi) is 5.08. The number of rotatable bonds is 4. The first-order valence-corrected chi connectivity index (χ1v) is 10.3. The smallest absolute Gasteiger partial charge is 0.266 e. The minimum Gasteiger partial charge on any atom is -0.342 e. The number of hydrogen-bond acceptors (Lipinski definition) is 3. The Labute approximate surface area is 172 Å². The third kappa shape index (κ3) is 3.43. The van der Waals surface area contributed by atoms with E-state index in [9.17, 15) is 4.79 Å². The fourth-order valence-electron chi connectivity index (χ4n) is 3.25. The van der Waals surface area contributed by atoms with E-state index in [0.717, 1.165) is 27.1 Å². The van der Waals surface area contributed by atoms with E-state index in [1.807, 2.05) is 49.4 Å². The second-order valence-corrected chi connectivity index (χ2v) is 8.33. The maximum absolute atomic E-state index is 12.6. The minimum absolute atomic E-state index is 0.0181. The molecule has 27 heavy (non-hydrogen) atoms. The molecule has 136 valence electrons. The monoisotopic (exact) mass is 412 g/mol. The van der Waals surface area contributed by atoms with E-state index < -0.39 is 0 Å². The van der Waals surface area contributed by atoms with Crippen molar-refractivity contribution in [2.75, 3.05) is 6.54 Å². The summed E-state index contributed by atoms with van der Waals surface area (Å²) in [4.78, 5) is 14.9. The predicted octanol–water partition coefficient (Wildman–Crippen LogP) is 5.56. The van der Waals surface area contributed by atoms with Crippen LogP contribution in [0.3, 0.4) is 0 Å². The van der Waals surface area contributed by atoms with E-state index in [1.54, 1.807) is 4.90 Å². The molecule has 0 atom stereocenters. The van der Waals surface area contributed by atoms with Crippen LogP contribution in [0.2, 0.25) is 5.02 Å². The third-order valence-electron chi connectivity index (χ3n) is 4.59. The first-order valence-electron chi connectivity index (χ1n) is 8.65. The quantitative estimate of drug-likeness (QED) is 0.414. The summed E-state index contributed by atoms with van der Waals surface area (Å²) in [6, 6.07) is 16.0. The summed E-state index contributed by atoms with van der Waals surface area (Å²) >= 11 is 13.0. The first-order chi connectivity index (χ1) is 13.1. The summed E-state index contributed by atoms with van der Waals surface area (Å²) in [5.74, 6) is -0.0181. The highest BCUT2D eigenvalue weighted by Crippen LogP contribution is 2.34. The number of aromatic nitrogens is 1. The zero-order chi connectivity index (χ0) is 19.0. The number of carbonyl (C=O) groups is 1. The van der Waals surface area contributed by atoms with Crippen LogP contribution in [0.4, 0.5) is 0 Å². The van der Waals surface area contributed by atoms with Crippen molar-refractivity contribution < 1.29 is 4.79 Å². The van der Waals surface area contributed by atoms with Crippen LogP contribution in [-0.2, 0) is 11.3 Å². The van der Waals surface area contributed by atoms with Gasteiger partial charge >= 0.3 is 0 Å². The number of likely N-dealkylation sites (N-methyl/N-ethyl adjacent to an activating group) is 1. The molecule has 2 heterocycles. The van der Waals surface area contributed by atoms with E-state index in [0.29, 0.717) is 22.3 Å². The fraction of sp³-hybridized carbons (Fsp3) is 0.143. The summed E-state index contributed by atoms with van der Waals surface area (Å²) in [5, 5.41) is 1.85. The van der Waals surface area contributed by atoms with Crippen molar-refractivity contribution in [3.8, 4) is 0 Å². The maximum Gasteiger partial charge on any atom is 0.266 e. The Morgan fingerprint density at radius 3 is 2.63 bits per heavy atom. The Morgan fingerprint density at radius 2 is 1.89 bits per heavy atom. The number of benzene rings is 2. The number of amides is 1. The van der Waals surface area contributed by atoms with Crippen molar-refractivity contribution in [1.82, 2.24) is 9.47 Å². The number of hydrogen-bond donors (Lipinski definition) is 0. The van der Waals surface area contributed by atoms with Gasteiger partial charge in [-0.3, -0.25) is 9.69 Å². The second kappa shape index (κ2) is 7.50. The lowest BCUT2D eigenvalue weighted by molar-refractivity contribution is -0.121. The number of halogens is 1. The van der Waals surface area contributed by atoms with Gasteiger partial charge in [-0.25, -0.2) is 0 Å². The summed E-state index contributed by atoms with van der Waals surface area (Å²) in [6.45, 7) is 3.20. The average Bonchev–Trinajstić information content (AvgIpc) is 3.14. The van der Waals surface area contributed by atoms with Gasteiger partial charge in [0.15, 0.2) is 0 Å². The normalized spacial score (nSPS) is 16.1. The van der Waals surface area contributed by atoms with Crippen LogP contribution in [-0.4, -0.2) is 26.2 Å². The van der Waals surface area contributed by atoms with Gasteiger partial charge in [0.1, 0.15) is 4.32 Å². The molecule has 1 saturated heterocycles. The fourth-order valence-corrected chi connectivity index (χ4v) is 4.82. The van der Waals surface area contributed by atoms with Gasteiger partial charge in [0, 0.05) is 40.8 Å². The highest BCUT2D eigenvalue weighted by atomic mass is 35.5. The van der Waals surface area contributed by atoms with Gasteiger partial charge in [0.25, 0.3) is 5.91 Å². The molecule has 1 amide bonds. The van der Waals surface area contributed by atoms with Gasteiger partial charge in [-0.2, -0.15) is 0 Å². The lowest BCUT2D eigenvalue weighted by atomic mass is 10.1. The molecule has 3 nitrogen and oxygen atoms in total. The molecule has 0 unspecified atom stereocenters. The standard InChI is InChI=1S/C21H17ClN2OS2/c1-2-24-20(25)19(27-21(24)26)11-15-13-23(18-10-6-4-8-16(15)18)12-14-7-3-5-9-17(14)22/h3-11,13H,2,12H2,1H3/b19-11+. The topological polar surface area (TPSA) is 25.2 Å². The Bertz CT molecular complexity index is 1090. The Morgan fingerprint density at radius 1 is 1.15 bits per heavy atom. The van der Waals surface area contributed by atoms with Crippen LogP contribution in [0.25, 0.3) is 17.0 Å². The summed E-state index contributed by atoms with van der Waals surface area (Å²) < 4.78 is 2.79. The number of carbonyl (C=O) groups excluding carboxylic acids is 1. The van der Waals surface area contributed by atoms with Crippen LogP contribution in [0, 0.1) is 0 Å². The molecule has 1 aliphatic rings. The summed E-state index contributed by atoms with van der Waals surface area (Å²) in [6.07, 6.45) is 4.02. The molecule has 0 aliphatic carbocycles. The van der Waals surface area contributed by atoms with E-state index in [4.69, 9.17) is 23.8 Å². The molecule has 3 aromatic rings. The van der Waals surface area contributed by atoms with Crippen LogP contribution in [0.1, 0.15) is 18.1 Å². The van der Waals surface area contributed by atoms with Crippen molar-refractivity contribution in [3.05, 3.63) is 75.8 Å². The predicted molar refractivity (Wildman–Crippen MR) is 118 cm³/mol. The molecule has 4 rings (SSSR count). The second-order valence-electron chi connectivity index (χ2n) is 6.25. The molecule has 0 saturated carbocycles. The van der Waals surface area contributed by atoms with Crippen molar-refractivity contribution in [2.45, 2.75) is 13.5 Å². The first kappa shape index (κ1) is 18.3. The largest absolute Gasteiger partial charge is 0.342 e.